The number of nitrogens with two attached hydrogens (primary N) is 1. The average Bonchev–Trinajstić information content (AvgIpc) is 3.05. The number of carbonyl (C=O) groups is 2. The van der Waals surface area contributed by atoms with Gasteiger partial charge in [-0.1, -0.05) is 6.07 Å². The van der Waals surface area contributed by atoms with E-state index < -0.39 is 24.6 Å². The van der Waals surface area contributed by atoms with E-state index >= 15 is 0 Å². The molecule has 0 aliphatic carbocycles. The number of thiophene rings is 1. The van der Waals surface area contributed by atoms with E-state index in [1.807, 2.05) is 5.38 Å². The van der Waals surface area contributed by atoms with Crippen molar-refractivity contribution >= 4 is 23.3 Å². The molecule has 0 aromatic carbocycles. The first-order valence-electron chi connectivity index (χ1n) is 5.84. The van der Waals surface area contributed by atoms with E-state index in [-0.39, 0.29) is 12.3 Å². The molecule has 0 saturated heterocycles. The molecule has 0 fully saturated rings. The maximum absolute atomic E-state index is 10.9. The fourth-order valence-electron chi connectivity index (χ4n) is 1.63. The summed E-state index contributed by atoms with van der Waals surface area (Å²) in [5, 5.41) is 23.0. The molecule has 2 aromatic heterocycles. The Hall–Kier alpha value is -2.39. The summed E-state index contributed by atoms with van der Waals surface area (Å²) in [7, 11) is 0. The Morgan fingerprint density at radius 2 is 2.24 bits per heavy atom. The van der Waals surface area contributed by atoms with Crippen LogP contribution in [0.5, 0.6) is 5.88 Å². The summed E-state index contributed by atoms with van der Waals surface area (Å²) in [6.07, 6.45) is -0.0823. The molecule has 0 bridgehead atoms. The van der Waals surface area contributed by atoms with Crippen LogP contribution in [-0.4, -0.2) is 40.0 Å². The lowest BCUT2D eigenvalue weighted by Gasteiger charge is -2.07. The van der Waals surface area contributed by atoms with Crippen molar-refractivity contribution in [1.29, 1.82) is 0 Å². The topological polar surface area (TPSA) is 136 Å². The molecular weight excluding hydrogens is 300 g/mol. The lowest BCUT2D eigenvalue weighted by molar-refractivity contribution is -0.140. The summed E-state index contributed by atoms with van der Waals surface area (Å²) < 4.78 is 10.2. The van der Waals surface area contributed by atoms with Crippen molar-refractivity contribution in [3.63, 3.8) is 0 Å². The number of hydrogen-bond acceptors (Lipinski definition) is 7. The van der Waals surface area contributed by atoms with Gasteiger partial charge in [-0.2, -0.15) is 0 Å². The maximum atomic E-state index is 10.9. The lowest BCUT2D eigenvalue weighted by Crippen LogP contribution is -2.32. The second-order valence-electron chi connectivity index (χ2n) is 4.10. The first-order valence-corrected chi connectivity index (χ1v) is 6.72. The van der Waals surface area contributed by atoms with Gasteiger partial charge in [0, 0.05) is 6.42 Å². The zero-order valence-corrected chi connectivity index (χ0v) is 11.5. The van der Waals surface area contributed by atoms with Crippen molar-refractivity contribution in [2.24, 2.45) is 5.73 Å². The number of hydrogen-bond donors (Lipinski definition) is 3. The number of aromatic nitrogens is 1. The third kappa shape index (κ3) is 3.58. The first kappa shape index (κ1) is 15.0. The van der Waals surface area contributed by atoms with Gasteiger partial charge in [0.2, 0.25) is 0 Å². The molecule has 0 unspecified atom stereocenters. The number of ether oxygens (including phenoxy) is 1. The standard InChI is InChI=1S/C12H12N2O6S/c13-7(12(17)18)4-6-10(8-2-1-3-21-8)20-14-11(6)19-5-9(15)16/h1-3,7H,4-5,13H2,(H,15,16)(H,17,18)/t7-/m0/s1. The summed E-state index contributed by atoms with van der Waals surface area (Å²) in [6, 6.07) is 2.39. The minimum Gasteiger partial charge on any atom is -0.480 e. The molecule has 21 heavy (non-hydrogen) atoms. The van der Waals surface area contributed by atoms with Gasteiger partial charge < -0.3 is 25.2 Å². The molecule has 0 aliphatic heterocycles. The molecule has 0 radical (unpaired) electrons. The molecule has 0 amide bonds. The van der Waals surface area contributed by atoms with Crippen molar-refractivity contribution in [1.82, 2.24) is 5.16 Å². The van der Waals surface area contributed by atoms with Crippen LogP contribution < -0.4 is 10.5 Å². The third-order valence-electron chi connectivity index (χ3n) is 2.57. The summed E-state index contributed by atoms with van der Waals surface area (Å²) in [6.45, 7) is -0.605. The Bertz CT molecular complexity index is 636. The van der Waals surface area contributed by atoms with Gasteiger partial charge in [-0.25, -0.2) is 4.79 Å². The Morgan fingerprint density at radius 3 is 2.81 bits per heavy atom. The van der Waals surface area contributed by atoms with Crippen molar-refractivity contribution in [2.45, 2.75) is 12.5 Å². The number of carboxylic acids is 2. The molecule has 1 atom stereocenters. The molecule has 4 N–H and O–H groups in total. The average molecular weight is 312 g/mol. The zero-order valence-electron chi connectivity index (χ0n) is 10.7. The minimum atomic E-state index is -1.18. The van der Waals surface area contributed by atoms with Crippen LogP contribution in [0.4, 0.5) is 0 Å². The summed E-state index contributed by atoms with van der Waals surface area (Å²) >= 11 is 1.37. The number of aliphatic carboxylic acids is 2. The fraction of sp³-hybridized carbons (Fsp3) is 0.250. The molecule has 0 saturated carbocycles. The van der Waals surface area contributed by atoms with E-state index in [1.165, 1.54) is 11.3 Å². The van der Waals surface area contributed by atoms with Gasteiger partial charge in [0.15, 0.2) is 12.4 Å². The molecular formula is C12H12N2O6S. The third-order valence-corrected chi connectivity index (χ3v) is 3.44. The van der Waals surface area contributed by atoms with Crippen molar-refractivity contribution in [3.05, 3.63) is 23.1 Å². The largest absolute Gasteiger partial charge is 0.480 e. The van der Waals surface area contributed by atoms with E-state index in [9.17, 15) is 9.59 Å². The number of nitrogens with zero attached hydrogens (tertiary/aromatic N) is 1. The van der Waals surface area contributed by atoms with Gasteiger partial charge in [0.25, 0.3) is 5.88 Å². The molecule has 2 rings (SSSR count). The van der Waals surface area contributed by atoms with Crippen LogP contribution in [0.3, 0.4) is 0 Å². The first-order chi connectivity index (χ1) is 9.99. The van der Waals surface area contributed by atoms with Gasteiger partial charge in [-0.05, 0) is 16.6 Å². The van der Waals surface area contributed by atoms with Gasteiger partial charge in [0.05, 0.1) is 10.4 Å². The highest BCUT2D eigenvalue weighted by Crippen LogP contribution is 2.34. The molecule has 9 heteroatoms. The highest BCUT2D eigenvalue weighted by atomic mass is 32.1. The quantitative estimate of drug-likeness (QED) is 0.683. The van der Waals surface area contributed by atoms with Gasteiger partial charge >= 0.3 is 11.9 Å². The summed E-state index contributed by atoms with van der Waals surface area (Å²) in [5.74, 6) is -2.08. The van der Waals surface area contributed by atoms with E-state index in [0.717, 1.165) is 4.88 Å². The Labute approximate surface area is 122 Å². The van der Waals surface area contributed by atoms with Gasteiger partial charge in [-0.3, -0.25) is 4.79 Å². The Kier molecular flexibility index (Phi) is 4.55. The predicted octanol–water partition coefficient (Wildman–Crippen LogP) is 0.821. The van der Waals surface area contributed by atoms with Crippen LogP contribution in [0.2, 0.25) is 0 Å². The molecule has 2 heterocycles. The molecule has 8 nitrogen and oxygen atoms in total. The van der Waals surface area contributed by atoms with E-state index in [0.29, 0.717) is 11.3 Å². The zero-order chi connectivity index (χ0) is 15.4. The number of rotatable bonds is 7. The van der Waals surface area contributed by atoms with Crippen LogP contribution in [0.25, 0.3) is 10.6 Å². The van der Waals surface area contributed by atoms with E-state index in [1.54, 1.807) is 12.1 Å². The number of carboxylic acid groups (broad SMARTS) is 2. The van der Waals surface area contributed by atoms with Crippen molar-refractivity contribution in [3.8, 4) is 16.5 Å². The van der Waals surface area contributed by atoms with E-state index in [4.69, 9.17) is 25.2 Å². The van der Waals surface area contributed by atoms with Gasteiger partial charge in [0.1, 0.15) is 6.04 Å². The van der Waals surface area contributed by atoms with Crippen LogP contribution in [0.1, 0.15) is 5.56 Å². The maximum Gasteiger partial charge on any atom is 0.341 e. The van der Waals surface area contributed by atoms with Crippen molar-refractivity contribution in [2.75, 3.05) is 6.61 Å². The monoisotopic (exact) mass is 312 g/mol. The molecule has 2 aromatic rings. The highest BCUT2D eigenvalue weighted by Gasteiger charge is 2.25. The van der Waals surface area contributed by atoms with Crippen LogP contribution >= 0.6 is 11.3 Å². The van der Waals surface area contributed by atoms with E-state index in [2.05, 4.69) is 5.16 Å². The molecule has 112 valence electrons. The van der Waals surface area contributed by atoms with Crippen LogP contribution in [0, 0.1) is 0 Å². The highest BCUT2D eigenvalue weighted by molar-refractivity contribution is 7.13. The van der Waals surface area contributed by atoms with Gasteiger partial charge in [-0.15, -0.1) is 11.3 Å². The normalized spacial score (nSPS) is 12.0. The smallest absolute Gasteiger partial charge is 0.341 e. The minimum absolute atomic E-state index is 0.0579. The Balaban J connectivity index is 2.32. The lowest BCUT2D eigenvalue weighted by atomic mass is 10.1. The fourth-order valence-corrected chi connectivity index (χ4v) is 2.36. The predicted molar refractivity (Wildman–Crippen MR) is 72.3 cm³/mol. The molecule has 0 spiro atoms. The SMILES string of the molecule is N[C@@H](Cc1c(OCC(=O)O)noc1-c1cccs1)C(=O)O. The second kappa shape index (κ2) is 6.37. The molecule has 0 aliphatic rings. The summed E-state index contributed by atoms with van der Waals surface area (Å²) in [5.41, 5.74) is 5.86. The van der Waals surface area contributed by atoms with Crippen LogP contribution in [-0.2, 0) is 16.0 Å². The Morgan fingerprint density at radius 1 is 1.48 bits per heavy atom. The summed E-state index contributed by atoms with van der Waals surface area (Å²) in [4.78, 5) is 22.2. The van der Waals surface area contributed by atoms with Crippen LogP contribution in [0.15, 0.2) is 22.0 Å². The second-order valence-corrected chi connectivity index (χ2v) is 5.05. The van der Waals surface area contributed by atoms with Crippen molar-refractivity contribution < 1.29 is 29.1 Å².